The molecule has 0 spiro atoms. The summed E-state index contributed by atoms with van der Waals surface area (Å²) in [7, 11) is 3.43. The Kier molecular flexibility index (Phi) is 3.82. The fourth-order valence-electron chi connectivity index (χ4n) is 1.74. The summed E-state index contributed by atoms with van der Waals surface area (Å²) < 4.78 is 0. The molecule has 2 amide bonds. The third-order valence-electron chi connectivity index (χ3n) is 2.73. The van der Waals surface area contributed by atoms with Crippen molar-refractivity contribution in [1.29, 1.82) is 0 Å². The van der Waals surface area contributed by atoms with Crippen molar-refractivity contribution in [3.63, 3.8) is 0 Å². The van der Waals surface area contributed by atoms with Crippen LogP contribution in [0.25, 0.3) is 0 Å². The van der Waals surface area contributed by atoms with E-state index in [0.29, 0.717) is 0 Å². The Bertz CT molecular complexity index is 468. The van der Waals surface area contributed by atoms with Crippen molar-refractivity contribution >= 4 is 17.6 Å². The van der Waals surface area contributed by atoms with Crippen molar-refractivity contribution in [1.82, 2.24) is 10.2 Å². The van der Waals surface area contributed by atoms with E-state index >= 15 is 0 Å². The van der Waals surface area contributed by atoms with Gasteiger partial charge in [0.1, 0.15) is 5.84 Å². The number of aliphatic imine (C=N–C) groups is 1. The molecule has 1 aromatic carbocycles. The minimum atomic E-state index is -0.140. The zero-order valence-electron chi connectivity index (χ0n) is 10.7. The molecule has 18 heavy (non-hydrogen) atoms. The van der Waals surface area contributed by atoms with E-state index in [1.54, 1.807) is 14.1 Å². The summed E-state index contributed by atoms with van der Waals surface area (Å²) in [6.45, 7) is 1.76. The lowest BCUT2D eigenvalue weighted by Gasteiger charge is -2.19. The van der Waals surface area contributed by atoms with E-state index in [1.165, 1.54) is 4.90 Å². The molecule has 0 bridgehead atoms. The van der Waals surface area contributed by atoms with Gasteiger partial charge in [-0.05, 0) is 18.6 Å². The number of hydrogen-bond donors (Lipinski definition) is 2. The van der Waals surface area contributed by atoms with Gasteiger partial charge in [-0.2, -0.15) is 0 Å². The summed E-state index contributed by atoms with van der Waals surface area (Å²) >= 11 is 0. The maximum atomic E-state index is 11.7. The standard InChI is InChI=1S/C13H18N4O/c1-17(2)13(18)16-11-7-4-3-6-10(11)12-14-8-5-9-15-12/h3-4,6-7H,5,8-9H2,1-2H3,(H,14,15)(H,16,18). The van der Waals surface area contributed by atoms with Gasteiger partial charge in [0, 0.05) is 32.7 Å². The van der Waals surface area contributed by atoms with E-state index in [1.807, 2.05) is 24.3 Å². The molecule has 0 aliphatic carbocycles. The van der Waals surface area contributed by atoms with Gasteiger partial charge in [0.25, 0.3) is 0 Å². The van der Waals surface area contributed by atoms with Crippen LogP contribution in [0.4, 0.5) is 10.5 Å². The highest BCUT2D eigenvalue weighted by Gasteiger charge is 2.13. The molecule has 5 heteroatoms. The summed E-state index contributed by atoms with van der Waals surface area (Å²) in [4.78, 5) is 17.7. The number of benzene rings is 1. The van der Waals surface area contributed by atoms with E-state index in [4.69, 9.17) is 0 Å². The third kappa shape index (κ3) is 2.80. The zero-order valence-corrected chi connectivity index (χ0v) is 10.7. The number of nitrogens with one attached hydrogen (secondary N) is 2. The van der Waals surface area contributed by atoms with Gasteiger partial charge in [-0.3, -0.25) is 4.99 Å². The first-order valence-corrected chi connectivity index (χ1v) is 6.04. The number of para-hydroxylation sites is 1. The summed E-state index contributed by atoms with van der Waals surface area (Å²) in [6, 6.07) is 7.55. The van der Waals surface area contributed by atoms with E-state index in [9.17, 15) is 4.79 Å². The number of carbonyl (C=O) groups is 1. The number of hydrogen-bond acceptors (Lipinski definition) is 3. The Balaban J connectivity index is 2.25. The normalized spacial score (nSPS) is 14.4. The van der Waals surface area contributed by atoms with Crippen LogP contribution < -0.4 is 10.6 Å². The second-order valence-electron chi connectivity index (χ2n) is 4.38. The maximum Gasteiger partial charge on any atom is 0.321 e. The van der Waals surface area contributed by atoms with Crippen LogP contribution in [0.15, 0.2) is 29.3 Å². The van der Waals surface area contributed by atoms with Crippen LogP contribution in [0.1, 0.15) is 12.0 Å². The first-order chi connectivity index (χ1) is 8.68. The summed E-state index contributed by atoms with van der Waals surface area (Å²) in [5.74, 6) is 0.857. The fraction of sp³-hybridized carbons (Fsp3) is 0.385. The Morgan fingerprint density at radius 1 is 1.39 bits per heavy atom. The summed E-state index contributed by atoms with van der Waals surface area (Å²) in [5, 5.41) is 6.14. The van der Waals surface area contributed by atoms with Gasteiger partial charge < -0.3 is 15.5 Å². The highest BCUT2D eigenvalue weighted by Crippen LogP contribution is 2.16. The van der Waals surface area contributed by atoms with Crippen LogP contribution in [0.5, 0.6) is 0 Å². The smallest absolute Gasteiger partial charge is 0.321 e. The minimum Gasteiger partial charge on any atom is -0.370 e. The van der Waals surface area contributed by atoms with Crippen LogP contribution >= 0.6 is 0 Å². The lowest BCUT2D eigenvalue weighted by atomic mass is 10.1. The van der Waals surface area contributed by atoms with Crippen molar-refractivity contribution in [3.05, 3.63) is 29.8 Å². The Labute approximate surface area is 107 Å². The molecule has 2 rings (SSSR count). The SMILES string of the molecule is CN(C)C(=O)Nc1ccccc1C1=NCCCN1. The second-order valence-corrected chi connectivity index (χ2v) is 4.38. The average Bonchev–Trinajstić information content (AvgIpc) is 2.40. The predicted molar refractivity (Wildman–Crippen MR) is 73.2 cm³/mol. The maximum absolute atomic E-state index is 11.7. The molecule has 0 radical (unpaired) electrons. The first kappa shape index (κ1) is 12.4. The number of amides is 2. The molecule has 2 N–H and O–H groups in total. The molecular formula is C13H18N4O. The quantitative estimate of drug-likeness (QED) is 0.831. The number of nitrogens with zero attached hydrogens (tertiary/aromatic N) is 2. The van der Waals surface area contributed by atoms with E-state index < -0.39 is 0 Å². The molecule has 0 aromatic heterocycles. The number of rotatable bonds is 2. The highest BCUT2D eigenvalue weighted by atomic mass is 16.2. The average molecular weight is 246 g/mol. The van der Waals surface area contributed by atoms with Crippen LogP contribution in [-0.4, -0.2) is 44.0 Å². The second kappa shape index (κ2) is 5.53. The molecule has 1 aliphatic heterocycles. The number of amidine groups is 1. The molecule has 96 valence electrons. The predicted octanol–water partition coefficient (Wildman–Crippen LogP) is 1.52. The Hall–Kier alpha value is -2.04. The monoisotopic (exact) mass is 246 g/mol. The van der Waals surface area contributed by atoms with Gasteiger partial charge in [-0.1, -0.05) is 12.1 Å². The van der Waals surface area contributed by atoms with Crippen LogP contribution in [0, 0.1) is 0 Å². The Morgan fingerprint density at radius 3 is 2.83 bits per heavy atom. The van der Waals surface area contributed by atoms with E-state index in [2.05, 4.69) is 15.6 Å². The molecule has 0 fully saturated rings. The third-order valence-corrected chi connectivity index (χ3v) is 2.73. The highest BCUT2D eigenvalue weighted by molar-refractivity contribution is 6.06. The molecule has 5 nitrogen and oxygen atoms in total. The molecule has 0 saturated carbocycles. The van der Waals surface area contributed by atoms with Crippen molar-refractivity contribution in [2.75, 3.05) is 32.5 Å². The fourth-order valence-corrected chi connectivity index (χ4v) is 1.74. The summed E-state index contributed by atoms with van der Waals surface area (Å²) in [6.07, 6.45) is 1.05. The van der Waals surface area contributed by atoms with E-state index in [-0.39, 0.29) is 6.03 Å². The van der Waals surface area contributed by atoms with Gasteiger partial charge in [0.05, 0.1) is 5.69 Å². The lowest BCUT2D eigenvalue weighted by Crippen LogP contribution is -2.32. The summed E-state index contributed by atoms with van der Waals surface area (Å²) in [5.41, 5.74) is 1.72. The largest absolute Gasteiger partial charge is 0.370 e. The van der Waals surface area contributed by atoms with Crippen molar-refractivity contribution in [2.24, 2.45) is 4.99 Å². The van der Waals surface area contributed by atoms with Crippen LogP contribution in [0.3, 0.4) is 0 Å². The molecular weight excluding hydrogens is 228 g/mol. The molecule has 0 saturated heterocycles. The van der Waals surface area contributed by atoms with Crippen molar-refractivity contribution in [3.8, 4) is 0 Å². The molecule has 0 unspecified atom stereocenters. The molecule has 1 aromatic rings. The van der Waals surface area contributed by atoms with Gasteiger partial charge in [0.2, 0.25) is 0 Å². The zero-order chi connectivity index (χ0) is 13.0. The van der Waals surface area contributed by atoms with Crippen molar-refractivity contribution < 1.29 is 4.79 Å². The molecule has 1 aliphatic rings. The molecule has 0 atom stereocenters. The topological polar surface area (TPSA) is 56.7 Å². The number of carbonyl (C=O) groups excluding carboxylic acids is 1. The van der Waals surface area contributed by atoms with E-state index in [0.717, 1.165) is 36.6 Å². The van der Waals surface area contributed by atoms with Crippen LogP contribution in [-0.2, 0) is 0 Å². The first-order valence-electron chi connectivity index (χ1n) is 6.04. The van der Waals surface area contributed by atoms with Gasteiger partial charge in [0.15, 0.2) is 0 Å². The van der Waals surface area contributed by atoms with Crippen molar-refractivity contribution in [2.45, 2.75) is 6.42 Å². The van der Waals surface area contributed by atoms with Crippen LogP contribution in [0.2, 0.25) is 0 Å². The number of urea groups is 1. The van der Waals surface area contributed by atoms with Gasteiger partial charge in [-0.25, -0.2) is 4.79 Å². The Morgan fingerprint density at radius 2 is 2.17 bits per heavy atom. The van der Waals surface area contributed by atoms with Gasteiger partial charge >= 0.3 is 6.03 Å². The van der Waals surface area contributed by atoms with Gasteiger partial charge in [-0.15, -0.1) is 0 Å². The minimum absolute atomic E-state index is 0.140. The molecule has 1 heterocycles. The number of anilines is 1. The lowest BCUT2D eigenvalue weighted by molar-refractivity contribution is 0.230.